The summed E-state index contributed by atoms with van der Waals surface area (Å²) in [6.45, 7) is 2.29. The Hall–Kier alpha value is -2.82. The quantitative estimate of drug-likeness (QED) is 0.862. The first-order chi connectivity index (χ1) is 11.0. The number of methoxy groups -OCH3 is 2. The maximum atomic E-state index is 12.2. The van der Waals surface area contributed by atoms with E-state index >= 15 is 0 Å². The van der Waals surface area contributed by atoms with Crippen LogP contribution in [-0.2, 0) is 11.3 Å². The van der Waals surface area contributed by atoms with Gasteiger partial charge in [-0.2, -0.15) is 0 Å². The van der Waals surface area contributed by atoms with Crippen LogP contribution in [0.3, 0.4) is 0 Å². The van der Waals surface area contributed by atoms with Gasteiger partial charge < -0.3 is 14.8 Å². The van der Waals surface area contributed by atoms with E-state index in [9.17, 15) is 9.59 Å². The van der Waals surface area contributed by atoms with Crippen molar-refractivity contribution in [1.29, 1.82) is 0 Å². The van der Waals surface area contributed by atoms with Crippen molar-refractivity contribution in [3.8, 4) is 5.75 Å². The van der Waals surface area contributed by atoms with E-state index in [0.29, 0.717) is 23.4 Å². The van der Waals surface area contributed by atoms with Crippen LogP contribution in [-0.4, -0.2) is 26.1 Å². The van der Waals surface area contributed by atoms with Crippen LogP contribution in [0.2, 0.25) is 0 Å². The Morgan fingerprint density at radius 3 is 2.26 bits per heavy atom. The summed E-state index contributed by atoms with van der Waals surface area (Å²) in [6, 6.07) is 12.2. The highest BCUT2D eigenvalue weighted by Gasteiger charge is 2.09. The molecule has 0 saturated heterocycles. The summed E-state index contributed by atoms with van der Waals surface area (Å²) in [5.74, 6) is 0.118. The fraction of sp³-hybridized carbons (Fsp3) is 0.222. The molecule has 1 N–H and O–H groups in total. The molecule has 0 aliphatic rings. The lowest BCUT2D eigenvalue weighted by Gasteiger charge is -2.09. The lowest BCUT2D eigenvalue weighted by Crippen LogP contribution is -2.22. The standard InChI is InChI=1S/C18H19NO4/c1-12-4-7-15(10-16(12)22-2)17(20)19-11-13-5-8-14(9-6-13)18(21)23-3/h4-10H,11H2,1-3H3,(H,19,20). The van der Waals surface area contributed by atoms with Crippen molar-refractivity contribution in [2.45, 2.75) is 13.5 Å². The average Bonchev–Trinajstić information content (AvgIpc) is 2.59. The number of benzene rings is 2. The van der Waals surface area contributed by atoms with Crippen LogP contribution in [0.25, 0.3) is 0 Å². The van der Waals surface area contributed by atoms with E-state index in [2.05, 4.69) is 10.1 Å². The molecule has 120 valence electrons. The molecule has 0 atom stereocenters. The lowest BCUT2D eigenvalue weighted by molar-refractivity contribution is 0.0600. The molecule has 0 aliphatic heterocycles. The predicted molar refractivity (Wildman–Crippen MR) is 86.7 cm³/mol. The van der Waals surface area contributed by atoms with Crippen LogP contribution in [0.4, 0.5) is 0 Å². The largest absolute Gasteiger partial charge is 0.496 e. The summed E-state index contributed by atoms with van der Waals surface area (Å²) in [4.78, 5) is 23.5. The van der Waals surface area contributed by atoms with Gasteiger partial charge in [-0.25, -0.2) is 4.79 Å². The minimum atomic E-state index is -0.382. The van der Waals surface area contributed by atoms with Gasteiger partial charge in [-0.1, -0.05) is 18.2 Å². The smallest absolute Gasteiger partial charge is 0.337 e. The molecule has 1 amide bonds. The Bertz CT molecular complexity index is 707. The van der Waals surface area contributed by atoms with Gasteiger partial charge in [-0.15, -0.1) is 0 Å². The Morgan fingerprint density at radius 1 is 1.00 bits per heavy atom. The van der Waals surface area contributed by atoms with Gasteiger partial charge in [-0.05, 0) is 42.3 Å². The van der Waals surface area contributed by atoms with E-state index in [1.54, 1.807) is 43.5 Å². The molecule has 23 heavy (non-hydrogen) atoms. The zero-order valence-corrected chi connectivity index (χ0v) is 13.4. The molecule has 5 heteroatoms. The second-order valence-corrected chi connectivity index (χ2v) is 5.06. The number of hydrogen-bond donors (Lipinski definition) is 1. The number of carbonyl (C=O) groups is 2. The van der Waals surface area contributed by atoms with Crippen LogP contribution in [0, 0.1) is 6.92 Å². The van der Waals surface area contributed by atoms with Crippen molar-refractivity contribution >= 4 is 11.9 Å². The number of esters is 1. The van der Waals surface area contributed by atoms with Crippen molar-refractivity contribution in [1.82, 2.24) is 5.32 Å². The molecule has 0 heterocycles. The van der Waals surface area contributed by atoms with E-state index in [1.165, 1.54) is 7.11 Å². The summed E-state index contributed by atoms with van der Waals surface area (Å²) in [5.41, 5.74) is 2.89. The van der Waals surface area contributed by atoms with E-state index in [4.69, 9.17) is 4.74 Å². The van der Waals surface area contributed by atoms with E-state index in [0.717, 1.165) is 11.1 Å². The molecule has 0 fully saturated rings. The zero-order chi connectivity index (χ0) is 16.8. The fourth-order valence-electron chi connectivity index (χ4n) is 2.12. The summed E-state index contributed by atoms with van der Waals surface area (Å²) >= 11 is 0. The lowest BCUT2D eigenvalue weighted by atomic mass is 10.1. The molecule has 0 aliphatic carbocycles. The first-order valence-corrected chi connectivity index (χ1v) is 7.15. The Labute approximate surface area is 135 Å². The Balaban J connectivity index is 2.00. The molecular weight excluding hydrogens is 294 g/mol. The summed E-state index contributed by atoms with van der Waals surface area (Å²) in [5, 5.41) is 2.84. The van der Waals surface area contributed by atoms with Crippen LogP contribution in [0.5, 0.6) is 5.75 Å². The number of ether oxygens (including phenoxy) is 2. The molecule has 0 bridgehead atoms. The van der Waals surface area contributed by atoms with Crippen LogP contribution < -0.4 is 10.1 Å². The van der Waals surface area contributed by atoms with E-state index in [1.807, 2.05) is 13.0 Å². The summed E-state index contributed by atoms with van der Waals surface area (Å²) in [7, 11) is 2.92. The van der Waals surface area contributed by atoms with Crippen LogP contribution in [0.1, 0.15) is 31.8 Å². The third kappa shape index (κ3) is 4.10. The second kappa shape index (κ2) is 7.45. The van der Waals surface area contributed by atoms with E-state index < -0.39 is 0 Å². The second-order valence-electron chi connectivity index (χ2n) is 5.06. The molecule has 0 saturated carbocycles. The van der Waals surface area contributed by atoms with Gasteiger partial charge in [-0.3, -0.25) is 4.79 Å². The first kappa shape index (κ1) is 16.5. The highest BCUT2D eigenvalue weighted by molar-refractivity contribution is 5.94. The van der Waals surface area contributed by atoms with Gasteiger partial charge in [0, 0.05) is 12.1 Å². The molecular formula is C18H19NO4. The minimum Gasteiger partial charge on any atom is -0.496 e. The molecule has 0 radical (unpaired) electrons. The maximum Gasteiger partial charge on any atom is 0.337 e. The SMILES string of the molecule is COC(=O)c1ccc(CNC(=O)c2ccc(C)c(OC)c2)cc1. The van der Waals surface area contributed by atoms with Crippen molar-refractivity contribution in [2.24, 2.45) is 0 Å². The predicted octanol–water partition coefficient (Wildman–Crippen LogP) is 2.72. The molecule has 5 nitrogen and oxygen atoms in total. The third-order valence-corrected chi connectivity index (χ3v) is 3.50. The topological polar surface area (TPSA) is 64.6 Å². The summed E-state index contributed by atoms with van der Waals surface area (Å²) in [6.07, 6.45) is 0. The summed E-state index contributed by atoms with van der Waals surface area (Å²) < 4.78 is 9.86. The zero-order valence-electron chi connectivity index (χ0n) is 13.4. The van der Waals surface area contributed by atoms with Gasteiger partial charge in [0.1, 0.15) is 5.75 Å². The molecule has 2 aromatic carbocycles. The third-order valence-electron chi connectivity index (χ3n) is 3.50. The van der Waals surface area contributed by atoms with Crippen LogP contribution in [0.15, 0.2) is 42.5 Å². The number of nitrogens with one attached hydrogen (secondary N) is 1. The monoisotopic (exact) mass is 313 g/mol. The Kier molecular flexibility index (Phi) is 5.36. The molecule has 2 aromatic rings. The number of hydrogen-bond acceptors (Lipinski definition) is 4. The Morgan fingerprint density at radius 2 is 1.65 bits per heavy atom. The number of amides is 1. The molecule has 0 spiro atoms. The fourth-order valence-corrected chi connectivity index (χ4v) is 2.12. The number of rotatable bonds is 5. The maximum absolute atomic E-state index is 12.2. The van der Waals surface area contributed by atoms with Gasteiger partial charge in [0.05, 0.1) is 19.8 Å². The van der Waals surface area contributed by atoms with Crippen molar-refractivity contribution < 1.29 is 19.1 Å². The number of carbonyl (C=O) groups excluding carboxylic acids is 2. The first-order valence-electron chi connectivity index (χ1n) is 7.15. The average molecular weight is 313 g/mol. The molecule has 0 aromatic heterocycles. The van der Waals surface area contributed by atoms with Crippen molar-refractivity contribution in [3.63, 3.8) is 0 Å². The highest BCUT2D eigenvalue weighted by atomic mass is 16.5. The molecule has 2 rings (SSSR count). The van der Waals surface area contributed by atoms with Gasteiger partial charge in [0.25, 0.3) is 5.91 Å². The normalized spacial score (nSPS) is 10.0. The van der Waals surface area contributed by atoms with Crippen LogP contribution >= 0.6 is 0 Å². The van der Waals surface area contributed by atoms with Gasteiger partial charge >= 0.3 is 5.97 Å². The minimum absolute atomic E-state index is 0.180. The van der Waals surface area contributed by atoms with Gasteiger partial charge in [0.15, 0.2) is 0 Å². The highest BCUT2D eigenvalue weighted by Crippen LogP contribution is 2.19. The van der Waals surface area contributed by atoms with Crippen molar-refractivity contribution in [3.05, 3.63) is 64.7 Å². The van der Waals surface area contributed by atoms with E-state index in [-0.39, 0.29) is 11.9 Å². The number of aryl methyl sites for hydroxylation is 1. The van der Waals surface area contributed by atoms with Crippen molar-refractivity contribution in [2.75, 3.05) is 14.2 Å². The molecule has 0 unspecified atom stereocenters. The van der Waals surface area contributed by atoms with Gasteiger partial charge in [0.2, 0.25) is 0 Å².